The van der Waals surface area contributed by atoms with E-state index in [0.29, 0.717) is 25.2 Å². The summed E-state index contributed by atoms with van der Waals surface area (Å²) in [7, 11) is 0. The molecule has 0 aliphatic heterocycles. The van der Waals surface area contributed by atoms with Gasteiger partial charge in [0.1, 0.15) is 0 Å². The largest absolute Gasteiger partial charge is 0.481 e. The van der Waals surface area contributed by atoms with Crippen molar-refractivity contribution in [2.45, 2.75) is 59.8 Å². The molecule has 0 aromatic rings. The van der Waals surface area contributed by atoms with Crippen LogP contribution in [-0.4, -0.2) is 22.2 Å². The van der Waals surface area contributed by atoms with Gasteiger partial charge in [0.2, 0.25) is 0 Å². The van der Waals surface area contributed by atoms with E-state index in [0.717, 1.165) is 6.42 Å². The second-order valence-corrected chi connectivity index (χ2v) is 6.17. The highest BCUT2D eigenvalue weighted by Crippen LogP contribution is 2.31. The van der Waals surface area contributed by atoms with Gasteiger partial charge in [-0.2, -0.15) is 0 Å². The summed E-state index contributed by atoms with van der Waals surface area (Å²) in [5, 5.41) is 17.6. The third-order valence-corrected chi connectivity index (χ3v) is 3.72. The van der Waals surface area contributed by atoms with Crippen molar-refractivity contribution in [2.24, 2.45) is 17.3 Å². The van der Waals surface area contributed by atoms with Gasteiger partial charge in [0.25, 0.3) is 0 Å². The first kappa shape index (κ1) is 16.9. The second-order valence-electron chi connectivity index (χ2n) is 6.17. The first-order chi connectivity index (χ1) is 8.14. The maximum absolute atomic E-state index is 11.1. The van der Waals surface area contributed by atoms with Crippen molar-refractivity contribution < 1.29 is 19.8 Å². The molecule has 0 spiro atoms. The summed E-state index contributed by atoms with van der Waals surface area (Å²) in [5.41, 5.74) is 0.185. The zero-order chi connectivity index (χ0) is 14.3. The summed E-state index contributed by atoms with van der Waals surface area (Å²) in [4.78, 5) is 21.5. The van der Waals surface area contributed by atoms with Gasteiger partial charge in [0, 0.05) is 6.42 Å². The SMILES string of the molecule is CC(CCC(CCCC(=O)O)C(=O)O)C(C)(C)C. The van der Waals surface area contributed by atoms with E-state index in [1.165, 1.54) is 0 Å². The Hall–Kier alpha value is -1.06. The van der Waals surface area contributed by atoms with Crippen LogP contribution >= 0.6 is 0 Å². The lowest BCUT2D eigenvalue weighted by Gasteiger charge is -2.28. The minimum absolute atomic E-state index is 0.0542. The predicted octanol–water partition coefficient (Wildman–Crippen LogP) is 3.40. The normalized spacial score (nSPS) is 15.1. The molecule has 0 rings (SSSR count). The Morgan fingerprint density at radius 2 is 1.61 bits per heavy atom. The number of carbonyl (C=O) groups is 2. The molecule has 0 fully saturated rings. The molecule has 4 heteroatoms. The number of rotatable bonds is 8. The zero-order valence-electron chi connectivity index (χ0n) is 11.9. The van der Waals surface area contributed by atoms with Crippen molar-refractivity contribution in [3.63, 3.8) is 0 Å². The van der Waals surface area contributed by atoms with Gasteiger partial charge < -0.3 is 10.2 Å². The van der Waals surface area contributed by atoms with Crippen LogP contribution in [0.1, 0.15) is 59.8 Å². The lowest BCUT2D eigenvalue weighted by atomic mass is 9.78. The van der Waals surface area contributed by atoms with Crippen LogP contribution in [0.15, 0.2) is 0 Å². The number of aliphatic carboxylic acids is 2. The summed E-state index contributed by atoms with van der Waals surface area (Å²) in [6.45, 7) is 8.59. The second kappa shape index (κ2) is 7.39. The molecule has 0 heterocycles. The molecule has 0 amide bonds. The van der Waals surface area contributed by atoms with Crippen molar-refractivity contribution in [3.05, 3.63) is 0 Å². The third-order valence-electron chi connectivity index (χ3n) is 3.72. The van der Waals surface area contributed by atoms with E-state index in [4.69, 9.17) is 10.2 Å². The lowest BCUT2D eigenvalue weighted by Crippen LogP contribution is -2.21. The van der Waals surface area contributed by atoms with Crippen molar-refractivity contribution in [3.8, 4) is 0 Å². The Balaban J connectivity index is 4.13. The van der Waals surface area contributed by atoms with E-state index in [9.17, 15) is 9.59 Å². The van der Waals surface area contributed by atoms with Crippen molar-refractivity contribution in [1.82, 2.24) is 0 Å². The lowest BCUT2D eigenvalue weighted by molar-refractivity contribution is -0.143. The van der Waals surface area contributed by atoms with Gasteiger partial charge in [-0.1, -0.05) is 27.7 Å². The molecule has 0 aliphatic rings. The minimum Gasteiger partial charge on any atom is -0.481 e. The Morgan fingerprint density at radius 3 is 2.00 bits per heavy atom. The van der Waals surface area contributed by atoms with E-state index in [2.05, 4.69) is 27.7 Å². The Bertz CT molecular complexity index is 278. The molecular formula is C14H26O4. The molecule has 0 radical (unpaired) electrons. The predicted molar refractivity (Wildman–Crippen MR) is 70.5 cm³/mol. The van der Waals surface area contributed by atoms with Crippen LogP contribution < -0.4 is 0 Å². The molecule has 2 atom stereocenters. The monoisotopic (exact) mass is 258 g/mol. The summed E-state index contributed by atoms with van der Waals surface area (Å²) >= 11 is 0. The van der Waals surface area contributed by atoms with E-state index in [-0.39, 0.29) is 11.8 Å². The zero-order valence-corrected chi connectivity index (χ0v) is 11.9. The molecular weight excluding hydrogens is 232 g/mol. The van der Waals surface area contributed by atoms with E-state index >= 15 is 0 Å². The fourth-order valence-corrected chi connectivity index (χ4v) is 1.78. The molecule has 4 nitrogen and oxygen atoms in total. The summed E-state index contributed by atoms with van der Waals surface area (Å²) in [6.07, 6.45) is 2.45. The molecule has 0 saturated carbocycles. The first-order valence-electron chi connectivity index (χ1n) is 6.59. The Morgan fingerprint density at radius 1 is 1.06 bits per heavy atom. The highest BCUT2D eigenvalue weighted by atomic mass is 16.4. The standard InChI is InChI=1S/C14H26O4/c1-10(14(2,3)4)8-9-11(13(17)18)6-5-7-12(15)16/h10-11H,5-9H2,1-4H3,(H,15,16)(H,17,18). The van der Waals surface area contributed by atoms with Crippen LogP contribution in [-0.2, 0) is 9.59 Å². The molecule has 2 unspecified atom stereocenters. The van der Waals surface area contributed by atoms with Gasteiger partial charge in [0.15, 0.2) is 0 Å². The summed E-state index contributed by atoms with van der Waals surface area (Å²) in [6, 6.07) is 0. The number of hydrogen-bond acceptors (Lipinski definition) is 2. The van der Waals surface area contributed by atoms with Gasteiger partial charge in [0.05, 0.1) is 5.92 Å². The Kier molecular flexibility index (Phi) is 6.96. The van der Waals surface area contributed by atoms with E-state index < -0.39 is 17.9 Å². The summed E-state index contributed by atoms with van der Waals surface area (Å²) < 4.78 is 0. The maximum atomic E-state index is 11.1. The first-order valence-corrected chi connectivity index (χ1v) is 6.59. The van der Waals surface area contributed by atoms with Crippen LogP contribution in [0.25, 0.3) is 0 Å². The average molecular weight is 258 g/mol. The molecule has 0 aromatic heterocycles. The van der Waals surface area contributed by atoms with Gasteiger partial charge in [-0.15, -0.1) is 0 Å². The molecule has 2 N–H and O–H groups in total. The topological polar surface area (TPSA) is 74.6 Å². The fraction of sp³-hybridized carbons (Fsp3) is 0.857. The number of carboxylic acid groups (broad SMARTS) is 2. The third kappa shape index (κ3) is 7.30. The van der Waals surface area contributed by atoms with Crippen LogP contribution in [0.2, 0.25) is 0 Å². The minimum atomic E-state index is -0.859. The van der Waals surface area contributed by atoms with Gasteiger partial charge in [-0.25, -0.2) is 0 Å². The highest BCUT2D eigenvalue weighted by Gasteiger charge is 2.23. The average Bonchev–Trinajstić information content (AvgIpc) is 2.20. The number of carboxylic acids is 2. The van der Waals surface area contributed by atoms with E-state index in [1.54, 1.807) is 0 Å². The quantitative estimate of drug-likeness (QED) is 0.699. The van der Waals surface area contributed by atoms with Crippen LogP contribution in [0, 0.1) is 17.3 Å². The van der Waals surface area contributed by atoms with E-state index in [1.807, 2.05) is 0 Å². The van der Waals surface area contributed by atoms with Gasteiger partial charge in [-0.05, 0) is 37.0 Å². The van der Waals surface area contributed by atoms with Crippen molar-refractivity contribution >= 4 is 11.9 Å². The summed E-state index contributed by atoms with van der Waals surface area (Å²) in [5.74, 6) is -1.61. The molecule has 0 bridgehead atoms. The van der Waals surface area contributed by atoms with Crippen LogP contribution in [0.4, 0.5) is 0 Å². The van der Waals surface area contributed by atoms with Crippen LogP contribution in [0.5, 0.6) is 0 Å². The Labute approximate surface area is 109 Å². The molecule has 0 aromatic carbocycles. The molecule has 0 saturated heterocycles. The molecule has 106 valence electrons. The highest BCUT2D eigenvalue weighted by molar-refractivity contribution is 5.70. The van der Waals surface area contributed by atoms with Gasteiger partial charge in [-0.3, -0.25) is 9.59 Å². The van der Waals surface area contributed by atoms with Gasteiger partial charge >= 0.3 is 11.9 Å². The van der Waals surface area contributed by atoms with Crippen molar-refractivity contribution in [2.75, 3.05) is 0 Å². The number of hydrogen-bond donors (Lipinski definition) is 2. The maximum Gasteiger partial charge on any atom is 0.306 e. The molecule has 0 aliphatic carbocycles. The van der Waals surface area contributed by atoms with Crippen LogP contribution in [0.3, 0.4) is 0 Å². The van der Waals surface area contributed by atoms with Crippen molar-refractivity contribution in [1.29, 1.82) is 0 Å². The fourth-order valence-electron chi connectivity index (χ4n) is 1.78. The molecule has 18 heavy (non-hydrogen) atoms. The smallest absolute Gasteiger partial charge is 0.306 e.